The molecule has 6 heteroatoms. The van der Waals surface area contributed by atoms with Crippen LogP contribution in [-0.2, 0) is 0 Å². The summed E-state index contributed by atoms with van der Waals surface area (Å²) >= 11 is 1.31. The fraction of sp³-hybridized carbons (Fsp3) is 0.133. The van der Waals surface area contributed by atoms with Crippen LogP contribution in [0.3, 0.4) is 0 Å². The molecule has 106 valence electrons. The monoisotopic (exact) mass is 298 g/mol. The van der Waals surface area contributed by atoms with Crippen LogP contribution in [0, 0.1) is 0 Å². The van der Waals surface area contributed by atoms with Gasteiger partial charge in [0.05, 0.1) is 11.7 Å². The Morgan fingerprint density at radius 1 is 1.33 bits per heavy atom. The van der Waals surface area contributed by atoms with Crippen LogP contribution in [0.25, 0.3) is 10.2 Å². The van der Waals surface area contributed by atoms with Gasteiger partial charge in [-0.1, -0.05) is 6.07 Å². The number of hydrogen-bond acceptors (Lipinski definition) is 5. The largest absolute Gasteiger partial charge is 0.397 e. The van der Waals surface area contributed by atoms with Crippen molar-refractivity contribution >= 4 is 33.1 Å². The fourth-order valence-electron chi connectivity index (χ4n) is 2.10. The zero-order valence-corrected chi connectivity index (χ0v) is 12.2. The first kappa shape index (κ1) is 13.5. The van der Waals surface area contributed by atoms with Gasteiger partial charge in [0.1, 0.15) is 9.71 Å². The van der Waals surface area contributed by atoms with Crippen molar-refractivity contribution in [3.63, 3.8) is 0 Å². The molecule has 3 heterocycles. The molecule has 1 atom stereocenters. The lowest BCUT2D eigenvalue weighted by Crippen LogP contribution is -2.26. The zero-order valence-electron chi connectivity index (χ0n) is 11.4. The van der Waals surface area contributed by atoms with Gasteiger partial charge in [0.15, 0.2) is 0 Å². The number of nitrogens with two attached hydrogens (primary N) is 1. The van der Waals surface area contributed by atoms with Crippen molar-refractivity contribution in [2.75, 3.05) is 5.73 Å². The summed E-state index contributed by atoms with van der Waals surface area (Å²) < 4.78 is 0. The molecule has 0 bridgehead atoms. The van der Waals surface area contributed by atoms with Crippen molar-refractivity contribution in [3.8, 4) is 0 Å². The van der Waals surface area contributed by atoms with Crippen molar-refractivity contribution in [3.05, 3.63) is 53.3 Å². The minimum absolute atomic E-state index is 0.135. The van der Waals surface area contributed by atoms with Gasteiger partial charge in [-0.15, -0.1) is 11.3 Å². The number of rotatable bonds is 3. The van der Waals surface area contributed by atoms with E-state index < -0.39 is 0 Å². The Hall–Kier alpha value is -2.47. The second-order valence-corrected chi connectivity index (χ2v) is 5.68. The lowest BCUT2D eigenvalue weighted by Gasteiger charge is -2.13. The molecule has 3 N–H and O–H groups in total. The van der Waals surface area contributed by atoms with Gasteiger partial charge in [-0.2, -0.15) is 0 Å². The summed E-state index contributed by atoms with van der Waals surface area (Å²) in [6.07, 6.45) is 5.13. The molecule has 0 aliphatic carbocycles. The molecule has 0 saturated carbocycles. The number of fused-ring (bicyclic) bond motifs is 1. The van der Waals surface area contributed by atoms with E-state index in [1.807, 2.05) is 31.2 Å². The molecule has 1 amide bonds. The Morgan fingerprint density at radius 2 is 2.14 bits per heavy atom. The van der Waals surface area contributed by atoms with Crippen LogP contribution < -0.4 is 11.1 Å². The van der Waals surface area contributed by atoms with Crippen molar-refractivity contribution in [1.82, 2.24) is 15.3 Å². The summed E-state index contributed by atoms with van der Waals surface area (Å²) in [4.78, 5) is 21.9. The number of amides is 1. The van der Waals surface area contributed by atoms with Gasteiger partial charge in [-0.3, -0.25) is 9.78 Å². The summed E-state index contributed by atoms with van der Waals surface area (Å²) in [6, 6.07) is 7.31. The highest BCUT2D eigenvalue weighted by atomic mass is 32.1. The number of hydrogen-bond donors (Lipinski definition) is 2. The third kappa shape index (κ3) is 2.57. The van der Waals surface area contributed by atoms with Gasteiger partial charge >= 0.3 is 0 Å². The van der Waals surface area contributed by atoms with Crippen LogP contribution in [0.1, 0.15) is 28.2 Å². The van der Waals surface area contributed by atoms with E-state index in [-0.39, 0.29) is 11.9 Å². The molecule has 5 nitrogen and oxygen atoms in total. The lowest BCUT2D eigenvalue weighted by atomic mass is 10.1. The summed E-state index contributed by atoms with van der Waals surface area (Å²) in [5, 5.41) is 3.76. The van der Waals surface area contributed by atoms with E-state index in [0.717, 1.165) is 15.8 Å². The fourth-order valence-corrected chi connectivity index (χ4v) is 3.06. The Balaban J connectivity index is 1.86. The van der Waals surface area contributed by atoms with E-state index in [4.69, 9.17) is 5.73 Å². The van der Waals surface area contributed by atoms with E-state index >= 15 is 0 Å². The minimum Gasteiger partial charge on any atom is -0.397 e. The first-order valence-corrected chi connectivity index (χ1v) is 7.32. The van der Waals surface area contributed by atoms with E-state index in [9.17, 15) is 4.79 Å². The molecule has 3 rings (SSSR count). The van der Waals surface area contributed by atoms with Crippen LogP contribution in [0.2, 0.25) is 0 Å². The predicted octanol–water partition coefficient (Wildman–Crippen LogP) is 2.76. The summed E-state index contributed by atoms with van der Waals surface area (Å²) in [5.41, 5.74) is 7.48. The van der Waals surface area contributed by atoms with Crippen LogP contribution >= 0.6 is 11.3 Å². The minimum atomic E-state index is -0.188. The second kappa shape index (κ2) is 5.49. The smallest absolute Gasteiger partial charge is 0.264 e. The molecule has 21 heavy (non-hydrogen) atoms. The summed E-state index contributed by atoms with van der Waals surface area (Å²) in [5.74, 6) is -0.188. The van der Waals surface area contributed by atoms with Crippen LogP contribution in [0.4, 0.5) is 5.69 Å². The Bertz CT molecular complexity index is 785. The normalized spacial score (nSPS) is 12.2. The highest BCUT2D eigenvalue weighted by Crippen LogP contribution is 2.32. The molecule has 0 aliphatic rings. The van der Waals surface area contributed by atoms with Crippen molar-refractivity contribution in [2.45, 2.75) is 13.0 Å². The molecule has 0 aliphatic heterocycles. The number of anilines is 1. The Morgan fingerprint density at radius 3 is 2.86 bits per heavy atom. The molecule has 3 aromatic rings. The predicted molar refractivity (Wildman–Crippen MR) is 84.2 cm³/mol. The lowest BCUT2D eigenvalue weighted by molar-refractivity contribution is 0.0945. The number of aromatic nitrogens is 2. The third-order valence-corrected chi connectivity index (χ3v) is 4.37. The standard InChI is InChI=1S/C15H14N4OS/c1-9(10-4-2-6-17-8-10)19-14(20)13-12(16)11-5-3-7-18-15(11)21-13/h2-9H,16H2,1H3,(H,19,20). The number of nitrogen functional groups attached to an aromatic ring is 1. The average molecular weight is 298 g/mol. The number of pyridine rings is 2. The maximum absolute atomic E-state index is 12.4. The maximum atomic E-state index is 12.4. The van der Waals surface area contributed by atoms with Gasteiger partial charge < -0.3 is 11.1 Å². The molecule has 3 aromatic heterocycles. The Labute approximate surface area is 125 Å². The maximum Gasteiger partial charge on any atom is 0.264 e. The highest BCUT2D eigenvalue weighted by Gasteiger charge is 2.18. The molecular formula is C15H14N4OS. The zero-order chi connectivity index (χ0) is 14.8. The number of carbonyl (C=O) groups is 1. The molecule has 0 radical (unpaired) electrons. The van der Waals surface area contributed by atoms with Gasteiger partial charge in [-0.25, -0.2) is 4.98 Å². The van der Waals surface area contributed by atoms with E-state index in [2.05, 4.69) is 15.3 Å². The number of thiophene rings is 1. The average Bonchev–Trinajstić information content (AvgIpc) is 2.86. The van der Waals surface area contributed by atoms with Gasteiger partial charge in [0.25, 0.3) is 5.91 Å². The van der Waals surface area contributed by atoms with Crippen LogP contribution in [-0.4, -0.2) is 15.9 Å². The molecule has 1 unspecified atom stereocenters. The number of nitrogens with zero attached hydrogens (tertiary/aromatic N) is 2. The van der Waals surface area contributed by atoms with Crippen LogP contribution in [0.15, 0.2) is 42.9 Å². The van der Waals surface area contributed by atoms with E-state index in [1.165, 1.54) is 11.3 Å². The molecular weight excluding hydrogens is 284 g/mol. The van der Waals surface area contributed by atoms with E-state index in [1.54, 1.807) is 18.6 Å². The van der Waals surface area contributed by atoms with Crippen LogP contribution in [0.5, 0.6) is 0 Å². The molecule has 0 aromatic carbocycles. The quantitative estimate of drug-likeness (QED) is 0.779. The van der Waals surface area contributed by atoms with Crippen molar-refractivity contribution < 1.29 is 4.79 Å². The van der Waals surface area contributed by atoms with Crippen molar-refractivity contribution in [2.24, 2.45) is 0 Å². The van der Waals surface area contributed by atoms with Gasteiger partial charge in [0, 0.05) is 24.0 Å². The SMILES string of the molecule is CC(NC(=O)c1sc2ncccc2c1N)c1cccnc1. The third-order valence-electron chi connectivity index (χ3n) is 3.24. The highest BCUT2D eigenvalue weighted by molar-refractivity contribution is 7.21. The Kier molecular flexibility index (Phi) is 3.53. The second-order valence-electron chi connectivity index (χ2n) is 4.68. The summed E-state index contributed by atoms with van der Waals surface area (Å²) in [7, 11) is 0. The van der Waals surface area contributed by atoms with Gasteiger partial charge in [-0.05, 0) is 30.7 Å². The molecule has 0 fully saturated rings. The van der Waals surface area contributed by atoms with E-state index in [0.29, 0.717) is 10.6 Å². The topological polar surface area (TPSA) is 80.9 Å². The van der Waals surface area contributed by atoms with Crippen molar-refractivity contribution in [1.29, 1.82) is 0 Å². The molecule has 0 spiro atoms. The number of carbonyl (C=O) groups excluding carboxylic acids is 1. The first-order valence-electron chi connectivity index (χ1n) is 6.50. The first-order chi connectivity index (χ1) is 10.2. The summed E-state index contributed by atoms with van der Waals surface area (Å²) in [6.45, 7) is 1.91. The number of nitrogens with one attached hydrogen (secondary N) is 1. The molecule has 0 saturated heterocycles. The van der Waals surface area contributed by atoms with Gasteiger partial charge in [0.2, 0.25) is 0 Å².